The van der Waals surface area contributed by atoms with Gasteiger partial charge >= 0.3 is 0 Å². The molecule has 2 bridgehead atoms. The molecule has 0 aromatic carbocycles. The minimum Gasteiger partial charge on any atom is -0.302 e. The SMILES string of the molecule is CN(Cl)C1CN2CCC1CC2. The zero-order valence-electron chi connectivity index (χ0n) is 6.96. The van der Waals surface area contributed by atoms with Gasteiger partial charge in [0.2, 0.25) is 0 Å². The molecule has 0 saturated carbocycles. The Morgan fingerprint density at radius 3 is 2.27 bits per heavy atom. The summed E-state index contributed by atoms with van der Waals surface area (Å²) in [6.45, 7) is 3.78. The predicted molar refractivity (Wildman–Crippen MR) is 46.6 cm³/mol. The van der Waals surface area contributed by atoms with E-state index in [1.807, 2.05) is 11.5 Å². The van der Waals surface area contributed by atoms with Gasteiger partial charge in [-0.2, -0.15) is 0 Å². The van der Waals surface area contributed by atoms with Gasteiger partial charge in [-0.1, -0.05) is 0 Å². The summed E-state index contributed by atoms with van der Waals surface area (Å²) in [6.07, 6.45) is 2.70. The molecule has 1 atom stereocenters. The summed E-state index contributed by atoms with van der Waals surface area (Å²) < 4.78 is 1.87. The van der Waals surface area contributed by atoms with Gasteiger partial charge in [-0.15, -0.1) is 0 Å². The molecule has 0 aliphatic carbocycles. The van der Waals surface area contributed by atoms with Crippen LogP contribution in [0.25, 0.3) is 0 Å². The highest BCUT2D eigenvalue weighted by Crippen LogP contribution is 2.30. The van der Waals surface area contributed by atoms with Gasteiger partial charge in [-0.05, 0) is 43.6 Å². The van der Waals surface area contributed by atoms with E-state index in [4.69, 9.17) is 11.8 Å². The molecule has 3 aliphatic heterocycles. The second kappa shape index (κ2) is 2.92. The smallest absolute Gasteiger partial charge is 0.0404 e. The quantitative estimate of drug-likeness (QED) is 0.551. The van der Waals surface area contributed by atoms with Gasteiger partial charge < -0.3 is 4.90 Å². The maximum Gasteiger partial charge on any atom is 0.0404 e. The summed E-state index contributed by atoms with van der Waals surface area (Å²) >= 11 is 5.96. The number of halogens is 1. The van der Waals surface area contributed by atoms with Crippen LogP contribution in [0.1, 0.15) is 12.8 Å². The summed E-state index contributed by atoms with van der Waals surface area (Å²) in [6, 6.07) is 0.610. The number of likely N-dealkylation sites (N-methyl/N-ethyl adjacent to an activating group) is 1. The van der Waals surface area contributed by atoms with Crippen molar-refractivity contribution in [2.45, 2.75) is 18.9 Å². The third kappa shape index (κ3) is 1.40. The molecule has 3 rings (SSSR count). The zero-order valence-corrected chi connectivity index (χ0v) is 7.72. The summed E-state index contributed by atoms with van der Waals surface area (Å²) in [5.41, 5.74) is 0. The van der Waals surface area contributed by atoms with Crippen LogP contribution < -0.4 is 0 Å². The van der Waals surface area contributed by atoms with E-state index in [0.717, 1.165) is 5.92 Å². The van der Waals surface area contributed by atoms with Gasteiger partial charge in [0.1, 0.15) is 0 Å². The van der Waals surface area contributed by atoms with E-state index in [9.17, 15) is 0 Å². The number of rotatable bonds is 1. The Labute approximate surface area is 73.2 Å². The van der Waals surface area contributed by atoms with Gasteiger partial charge in [0.25, 0.3) is 0 Å². The molecule has 3 heteroatoms. The number of hydrogen-bond donors (Lipinski definition) is 0. The van der Waals surface area contributed by atoms with Crippen LogP contribution in [0.2, 0.25) is 0 Å². The molecule has 3 heterocycles. The Hall–Kier alpha value is 0.210. The van der Waals surface area contributed by atoms with E-state index in [1.165, 1.54) is 32.5 Å². The number of piperidine rings is 3. The minimum atomic E-state index is 0.610. The first-order chi connectivity index (χ1) is 5.27. The largest absolute Gasteiger partial charge is 0.302 e. The Kier molecular flexibility index (Phi) is 2.08. The van der Waals surface area contributed by atoms with Crippen LogP contribution in [-0.2, 0) is 0 Å². The van der Waals surface area contributed by atoms with Crippen LogP contribution in [-0.4, -0.2) is 42.0 Å². The summed E-state index contributed by atoms with van der Waals surface area (Å²) in [5, 5.41) is 0. The third-order valence-electron chi connectivity index (χ3n) is 3.08. The standard InChI is InChI=1S/C8H15ClN2/c1-10(9)8-6-11-4-2-7(8)3-5-11/h7-8H,2-6H2,1H3. The summed E-state index contributed by atoms with van der Waals surface area (Å²) in [5.74, 6) is 0.863. The summed E-state index contributed by atoms with van der Waals surface area (Å²) in [7, 11) is 1.98. The number of hydrogen-bond acceptors (Lipinski definition) is 2. The van der Waals surface area contributed by atoms with Crippen molar-refractivity contribution >= 4 is 11.8 Å². The maximum atomic E-state index is 5.96. The number of fused-ring (bicyclic) bond motifs is 3. The van der Waals surface area contributed by atoms with Crippen molar-refractivity contribution in [3.05, 3.63) is 0 Å². The zero-order chi connectivity index (χ0) is 7.84. The van der Waals surface area contributed by atoms with E-state index < -0.39 is 0 Å². The molecule has 0 radical (unpaired) electrons. The predicted octanol–water partition coefficient (Wildman–Crippen LogP) is 1.17. The summed E-state index contributed by atoms with van der Waals surface area (Å²) in [4.78, 5) is 2.52. The van der Waals surface area contributed by atoms with Crippen LogP contribution in [0.3, 0.4) is 0 Å². The van der Waals surface area contributed by atoms with E-state index in [2.05, 4.69) is 4.90 Å². The molecular formula is C8H15ClN2. The van der Waals surface area contributed by atoms with Crippen molar-refractivity contribution in [1.29, 1.82) is 0 Å². The Bertz CT molecular complexity index is 141. The molecule has 1 unspecified atom stereocenters. The second-order valence-corrected chi connectivity index (χ2v) is 4.26. The molecule has 0 spiro atoms. The average molecular weight is 175 g/mol. The van der Waals surface area contributed by atoms with E-state index in [1.54, 1.807) is 0 Å². The normalized spacial score (nSPS) is 43.4. The molecule has 0 N–H and O–H groups in total. The van der Waals surface area contributed by atoms with Crippen molar-refractivity contribution < 1.29 is 0 Å². The first kappa shape index (κ1) is 7.84. The lowest BCUT2D eigenvalue weighted by molar-refractivity contribution is 0.0474. The van der Waals surface area contributed by atoms with Crippen LogP contribution in [0, 0.1) is 5.92 Å². The van der Waals surface area contributed by atoms with Crippen molar-refractivity contribution in [2.75, 3.05) is 26.7 Å². The van der Waals surface area contributed by atoms with Gasteiger partial charge in [0, 0.05) is 19.6 Å². The fourth-order valence-corrected chi connectivity index (χ4v) is 2.56. The Morgan fingerprint density at radius 1 is 1.36 bits per heavy atom. The van der Waals surface area contributed by atoms with Gasteiger partial charge in [0.15, 0.2) is 0 Å². The van der Waals surface area contributed by atoms with Crippen LogP contribution in [0.15, 0.2) is 0 Å². The van der Waals surface area contributed by atoms with Crippen molar-refractivity contribution in [3.63, 3.8) is 0 Å². The van der Waals surface area contributed by atoms with Crippen molar-refractivity contribution in [3.8, 4) is 0 Å². The van der Waals surface area contributed by atoms with E-state index in [0.29, 0.717) is 6.04 Å². The molecule has 0 aromatic heterocycles. The van der Waals surface area contributed by atoms with E-state index >= 15 is 0 Å². The monoisotopic (exact) mass is 174 g/mol. The lowest BCUT2D eigenvalue weighted by Crippen LogP contribution is -2.54. The van der Waals surface area contributed by atoms with E-state index in [-0.39, 0.29) is 0 Å². The van der Waals surface area contributed by atoms with Crippen LogP contribution in [0.4, 0.5) is 0 Å². The fourth-order valence-electron chi connectivity index (χ4n) is 2.34. The molecule has 0 aromatic rings. The molecule has 3 fully saturated rings. The highest BCUT2D eigenvalue weighted by atomic mass is 35.5. The fraction of sp³-hybridized carbons (Fsp3) is 1.00. The molecule has 64 valence electrons. The van der Waals surface area contributed by atoms with Gasteiger partial charge in [0.05, 0.1) is 0 Å². The Balaban J connectivity index is 2.03. The highest BCUT2D eigenvalue weighted by Gasteiger charge is 2.35. The lowest BCUT2D eigenvalue weighted by atomic mass is 9.84. The molecule has 2 nitrogen and oxygen atoms in total. The molecule has 11 heavy (non-hydrogen) atoms. The van der Waals surface area contributed by atoms with Crippen LogP contribution >= 0.6 is 11.8 Å². The first-order valence-electron chi connectivity index (χ1n) is 4.38. The average Bonchev–Trinajstić information content (AvgIpc) is 2.06. The topological polar surface area (TPSA) is 6.48 Å². The van der Waals surface area contributed by atoms with Crippen molar-refractivity contribution in [2.24, 2.45) is 5.92 Å². The maximum absolute atomic E-state index is 5.96. The first-order valence-corrected chi connectivity index (χ1v) is 4.72. The van der Waals surface area contributed by atoms with Crippen molar-refractivity contribution in [1.82, 2.24) is 9.32 Å². The van der Waals surface area contributed by atoms with Gasteiger partial charge in [-0.25, -0.2) is 4.42 Å². The van der Waals surface area contributed by atoms with Crippen LogP contribution in [0.5, 0.6) is 0 Å². The highest BCUT2D eigenvalue weighted by molar-refractivity contribution is 6.13. The molecular weight excluding hydrogens is 160 g/mol. The second-order valence-electron chi connectivity index (χ2n) is 3.73. The molecule has 3 saturated heterocycles. The lowest BCUT2D eigenvalue weighted by Gasteiger charge is -2.46. The molecule has 3 aliphatic rings. The third-order valence-corrected chi connectivity index (χ3v) is 3.33. The Morgan fingerprint density at radius 2 is 2.00 bits per heavy atom. The molecule has 0 amide bonds. The number of nitrogens with zero attached hydrogens (tertiary/aromatic N) is 2. The van der Waals surface area contributed by atoms with Gasteiger partial charge in [-0.3, -0.25) is 0 Å². The minimum absolute atomic E-state index is 0.610.